The molecule has 2 amide bonds. The zero-order valence-corrected chi connectivity index (χ0v) is 19.0. The lowest BCUT2D eigenvalue weighted by Crippen LogP contribution is -2.24. The van der Waals surface area contributed by atoms with Crippen molar-refractivity contribution in [2.75, 3.05) is 17.9 Å². The Hall–Kier alpha value is -4.13. The van der Waals surface area contributed by atoms with E-state index in [4.69, 9.17) is 9.47 Å². The molecule has 0 saturated carbocycles. The van der Waals surface area contributed by atoms with Gasteiger partial charge in [-0.1, -0.05) is 11.8 Å². The number of nitrogens with one attached hydrogen (secondary N) is 2. The molecule has 1 aromatic heterocycles. The molecule has 0 spiro atoms. The zero-order valence-electron chi connectivity index (χ0n) is 18.2. The highest BCUT2D eigenvalue weighted by atomic mass is 32.2. The number of aromatic nitrogens is 3. The number of nitro groups is 1. The van der Waals surface area contributed by atoms with Crippen LogP contribution in [0.5, 0.6) is 11.5 Å². The van der Waals surface area contributed by atoms with E-state index in [0.29, 0.717) is 39.3 Å². The van der Waals surface area contributed by atoms with Gasteiger partial charge in [0.1, 0.15) is 0 Å². The summed E-state index contributed by atoms with van der Waals surface area (Å²) in [5.74, 6) is 1.11. The minimum absolute atomic E-state index is 0.0397. The second kappa shape index (κ2) is 9.79. The van der Waals surface area contributed by atoms with Crippen LogP contribution in [0.4, 0.5) is 11.4 Å². The van der Waals surface area contributed by atoms with Crippen LogP contribution in [-0.4, -0.2) is 44.0 Å². The van der Waals surface area contributed by atoms with Crippen LogP contribution in [0.1, 0.15) is 21.7 Å². The molecule has 13 heteroatoms. The summed E-state index contributed by atoms with van der Waals surface area (Å²) in [6, 6.07) is 9.17. The van der Waals surface area contributed by atoms with Crippen LogP contribution in [0.25, 0.3) is 0 Å². The third-order valence-electron chi connectivity index (χ3n) is 4.99. The third kappa shape index (κ3) is 5.09. The molecule has 176 valence electrons. The van der Waals surface area contributed by atoms with E-state index in [0.717, 1.165) is 0 Å². The number of non-ortho nitro benzene ring substituents is 1. The Kier molecular flexibility index (Phi) is 6.63. The van der Waals surface area contributed by atoms with Gasteiger partial charge in [-0.3, -0.25) is 19.7 Å². The number of anilines is 1. The van der Waals surface area contributed by atoms with Crippen molar-refractivity contribution >= 4 is 35.0 Å². The van der Waals surface area contributed by atoms with Crippen LogP contribution in [0.3, 0.4) is 0 Å². The fourth-order valence-corrected chi connectivity index (χ4v) is 3.87. The Morgan fingerprint density at radius 2 is 1.97 bits per heavy atom. The topological polar surface area (TPSA) is 151 Å². The number of carbonyl (C=O) groups excluding carboxylic acids is 2. The van der Waals surface area contributed by atoms with Gasteiger partial charge in [0.05, 0.1) is 17.2 Å². The van der Waals surface area contributed by atoms with Crippen LogP contribution in [0.15, 0.2) is 41.6 Å². The van der Waals surface area contributed by atoms with Gasteiger partial charge in [0.15, 0.2) is 22.5 Å². The first-order valence-corrected chi connectivity index (χ1v) is 11.0. The van der Waals surface area contributed by atoms with Gasteiger partial charge >= 0.3 is 0 Å². The van der Waals surface area contributed by atoms with Crippen LogP contribution in [-0.2, 0) is 18.4 Å². The number of nitro benzene ring substituents is 1. The van der Waals surface area contributed by atoms with Gasteiger partial charge in [0.2, 0.25) is 12.7 Å². The van der Waals surface area contributed by atoms with E-state index < -0.39 is 4.92 Å². The highest BCUT2D eigenvalue weighted by Crippen LogP contribution is 2.32. The molecule has 12 nitrogen and oxygen atoms in total. The highest BCUT2D eigenvalue weighted by Gasteiger charge is 2.18. The molecule has 2 heterocycles. The number of hydrogen-bond donors (Lipinski definition) is 2. The van der Waals surface area contributed by atoms with E-state index in [-0.39, 0.29) is 36.6 Å². The summed E-state index contributed by atoms with van der Waals surface area (Å²) >= 11 is 1.18. The number of fused-ring (bicyclic) bond motifs is 1. The van der Waals surface area contributed by atoms with Crippen LogP contribution < -0.4 is 20.1 Å². The summed E-state index contributed by atoms with van der Waals surface area (Å²) < 4.78 is 12.2. The smallest absolute Gasteiger partial charge is 0.269 e. The van der Waals surface area contributed by atoms with Crippen molar-refractivity contribution in [3.05, 3.63) is 63.5 Å². The van der Waals surface area contributed by atoms with Gasteiger partial charge in [-0.2, -0.15) is 0 Å². The van der Waals surface area contributed by atoms with E-state index >= 15 is 0 Å². The van der Waals surface area contributed by atoms with Crippen LogP contribution in [0, 0.1) is 17.0 Å². The summed E-state index contributed by atoms with van der Waals surface area (Å²) in [7, 11) is 1.74. The Bertz CT molecular complexity index is 1280. The van der Waals surface area contributed by atoms with Gasteiger partial charge in [0, 0.05) is 30.4 Å². The van der Waals surface area contributed by atoms with Gasteiger partial charge < -0.3 is 24.7 Å². The van der Waals surface area contributed by atoms with Crippen molar-refractivity contribution in [2.24, 2.45) is 7.05 Å². The van der Waals surface area contributed by atoms with E-state index in [1.165, 1.54) is 30.0 Å². The lowest BCUT2D eigenvalue weighted by Gasteiger charge is -2.08. The fraction of sp³-hybridized carbons (Fsp3) is 0.238. The zero-order chi connectivity index (χ0) is 24.2. The number of ether oxygens (including phenoxy) is 2. The van der Waals surface area contributed by atoms with E-state index in [1.54, 1.807) is 36.7 Å². The Morgan fingerprint density at radius 1 is 1.18 bits per heavy atom. The van der Waals surface area contributed by atoms with Crippen molar-refractivity contribution < 1.29 is 24.0 Å². The molecule has 0 atom stereocenters. The van der Waals surface area contributed by atoms with Gasteiger partial charge in [-0.25, -0.2) is 0 Å². The van der Waals surface area contributed by atoms with Crippen molar-refractivity contribution in [1.29, 1.82) is 0 Å². The van der Waals surface area contributed by atoms with Gasteiger partial charge in [-0.15, -0.1) is 10.2 Å². The average Bonchev–Trinajstić information content (AvgIpc) is 3.43. The molecular formula is C21H20N6O6S. The molecule has 0 fully saturated rings. The fourth-order valence-electron chi connectivity index (χ4n) is 3.14. The Labute approximate surface area is 197 Å². The van der Waals surface area contributed by atoms with E-state index in [2.05, 4.69) is 20.8 Å². The number of amides is 2. The average molecular weight is 484 g/mol. The maximum atomic E-state index is 12.5. The number of aryl methyl sites for hydroxylation is 1. The molecule has 1 aliphatic rings. The highest BCUT2D eigenvalue weighted by molar-refractivity contribution is 7.99. The summed E-state index contributed by atoms with van der Waals surface area (Å²) in [6.07, 6.45) is 0. The predicted octanol–water partition coefficient (Wildman–Crippen LogP) is 2.42. The lowest BCUT2D eigenvalue weighted by molar-refractivity contribution is -0.384. The van der Waals surface area contributed by atoms with Crippen molar-refractivity contribution in [2.45, 2.75) is 18.6 Å². The standard InChI is InChI=1S/C21H20N6O6S/c1-12-7-14(27(30)31)4-5-15(12)23-19(28)10-34-21-25-24-18(26(21)2)9-22-20(29)13-3-6-16-17(8-13)33-11-32-16/h3-8H,9-11H2,1-2H3,(H,22,29)(H,23,28). The van der Waals surface area contributed by atoms with Crippen molar-refractivity contribution in [1.82, 2.24) is 20.1 Å². The number of thioether (sulfide) groups is 1. The predicted molar refractivity (Wildman–Crippen MR) is 122 cm³/mol. The molecule has 2 N–H and O–H groups in total. The molecular weight excluding hydrogens is 464 g/mol. The van der Waals surface area contributed by atoms with E-state index in [9.17, 15) is 19.7 Å². The molecule has 3 aromatic rings. The van der Waals surface area contributed by atoms with Crippen molar-refractivity contribution in [3.63, 3.8) is 0 Å². The number of rotatable bonds is 8. The molecule has 0 radical (unpaired) electrons. The molecule has 1 aliphatic heterocycles. The first-order valence-electron chi connectivity index (χ1n) is 10.1. The van der Waals surface area contributed by atoms with Gasteiger partial charge in [-0.05, 0) is 36.8 Å². The Balaban J connectivity index is 1.30. The molecule has 4 rings (SSSR count). The number of carbonyl (C=O) groups is 2. The van der Waals surface area contributed by atoms with Crippen molar-refractivity contribution in [3.8, 4) is 11.5 Å². The molecule has 0 aliphatic carbocycles. The first-order chi connectivity index (χ1) is 16.3. The third-order valence-corrected chi connectivity index (χ3v) is 6.01. The quantitative estimate of drug-likeness (QED) is 0.279. The van der Waals surface area contributed by atoms with Crippen LogP contribution >= 0.6 is 11.8 Å². The minimum atomic E-state index is -0.488. The summed E-state index contributed by atoms with van der Waals surface area (Å²) in [6.45, 7) is 1.96. The molecule has 0 unspecified atom stereocenters. The second-order valence-corrected chi connectivity index (χ2v) is 8.24. The maximum absolute atomic E-state index is 12.5. The minimum Gasteiger partial charge on any atom is -0.454 e. The summed E-state index contributed by atoms with van der Waals surface area (Å²) in [4.78, 5) is 35.1. The molecule has 0 bridgehead atoms. The Morgan fingerprint density at radius 3 is 2.74 bits per heavy atom. The molecule has 0 saturated heterocycles. The number of benzene rings is 2. The number of hydrogen-bond acceptors (Lipinski definition) is 9. The molecule has 2 aromatic carbocycles. The second-order valence-electron chi connectivity index (χ2n) is 7.30. The van der Waals surface area contributed by atoms with Gasteiger partial charge in [0.25, 0.3) is 11.6 Å². The maximum Gasteiger partial charge on any atom is 0.269 e. The van der Waals surface area contributed by atoms with Crippen LogP contribution in [0.2, 0.25) is 0 Å². The monoisotopic (exact) mass is 484 g/mol. The summed E-state index contributed by atoms with van der Waals surface area (Å²) in [5.41, 5.74) is 1.48. The molecule has 34 heavy (non-hydrogen) atoms. The largest absolute Gasteiger partial charge is 0.454 e. The summed E-state index contributed by atoms with van der Waals surface area (Å²) in [5, 5.41) is 25.0. The normalized spacial score (nSPS) is 11.8. The lowest BCUT2D eigenvalue weighted by atomic mass is 10.2. The SMILES string of the molecule is Cc1cc([N+](=O)[O-])ccc1NC(=O)CSc1nnc(CNC(=O)c2ccc3c(c2)OCO3)n1C. The first kappa shape index (κ1) is 23.0. The number of nitrogens with zero attached hydrogens (tertiary/aromatic N) is 4. The van der Waals surface area contributed by atoms with E-state index in [1.807, 2.05) is 0 Å².